The molecule has 0 aliphatic rings. The van der Waals surface area contributed by atoms with E-state index in [1.165, 1.54) is 35.6 Å². The minimum absolute atomic E-state index is 0.0319. The molecule has 0 spiro atoms. The Morgan fingerprint density at radius 2 is 1.78 bits per heavy atom. The lowest BCUT2D eigenvalue weighted by Gasteiger charge is -2.22. The van der Waals surface area contributed by atoms with Gasteiger partial charge in [0.15, 0.2) is 0 Å². The molecule has 1 aromatic heterocycles. The minimum atomic E-state index is -0.782. The van der Waals surface area contributed by atoms with Crippen LogP contribution in [0.15, 0.2) is 54.6 Å². The van der Waals surface area contributed by atoms with Crippen molar-refractivity contribution in [3.63, 3.8) is 0 Å². The summed E-state index contributed by atoms with van der Waals surface area (Å²) in [6, 6.07) is 12.9. The van der Waals surface area contributed by atoms with E-state index in [1.807, 2.05) is 57.1 Å². The van der Waals surface area contributed by atoms with E-state index in [9.17, 15) is 19.7 Å². The number of nitro groups is 1. The van der Waals surface area contributed by atoms with Crippen LogP contribution in [0.4, 0.5) is 16.5 Å². The van der Waals surface area contributed by atoms with Gasteiger partial charge in [-0.3, -0.25) is 25.0 Å². The van der Waals surface area contributed by atoms with Crippen LogP contribution in [0, 0.1) is 16.0 Å². The van der Waals surface area contributed by atoms with E-state index in [0.29, 0.717) is 22.1 Å². The second-order valence-corrected chi connectivity index (χ2v) is 9.37. The van der Waals surface area contributed by atoms with Crippen molar-refractivity contribution < 1.29 is 14.5 Å². The van der Waals surface area contributed by atoms with E-state index in [1.54, 1.807) is 12.1 Å². The molecule has 2 amide bonds. The lowest BCUT2D eigenvalue weighted by molar-refractivity contribution is -0.384. The Bertz CT molecular complexity index is 1240. The van der Waals surface area contributed by atoms with Crippen molar-refractivity contribution in [2.24, 2.45) is 5.92 Å². The van der Waals surface area contributed by atoms with Gasteiger partial charge in [-0.1, -0.05) is 31.6 Å². The quantitative estimate of drug-likeness (QED) is 0.236. The topological polar surface area (TPSA) is 130 Å². The molecule has 0 radical (unpaired) electrons. The highest BCUT2D eigenvalue weighted by molar-refractivity contribution is 7.18. The van der Waals surface area contributed by atoms with Gasteiger partial charge < -0.3 is 10.2 Å². The molecule has 0 saturated carbocycles. The fourth-order valence-electron chi connectivity index (χ4n) is 3.26. The van der Waals surface area contributed by atoms with Crippen LogP contribution in [0.5, 0.6) is 0 Å². The molecule has 188 valence electrons. The van der Waals surface area contributed by atoms with Crippen molar-refractivity contribution in [3.05, 3.63) is 70.3 Å². The third-order valence-electron chi connectivity index (χ3n) is 5.61. The van der Waals surface area contributed by atoms with Crippen molar-refractivity contribution in [3.8, 4) is 10.6 Å². The Morgan fingerprint density at radius 1 is 1.11 bits per heavy atom. The zero-order valence-corrected chi connectivity index (χ0v) is 21.3. The van der Waals surface area contributed by atoms with Gasteiger partial charge in [-0.25, -0.2) is 0 Å². The van der Waals surface area contributed by atoms with Crippen LogP contribution in [-0.4, -0.2) is 47.1 Å². The number of carbonyl (C=O) groups excluding carboxylic acids is 2. The summed E-state index contributed by atoms with van der Waals surface area (Å²) in [5.74, 6) is -0.965. The van der Waals surface area contributed by atoms with Gasteiger partial charge in [-0.05, 0) is 54.0 Å². The molecule has 2 N–H and O–H groups in total. The molecular weight excluding hydrogens is 480 g/mol. The van der Waals surface area contributed by atoms with Crippen LogP contribution in [0.1, 0.15) is 25.8 Å². The van der Waals surface area contributed by atoms with Gasteiger partial charge in [0.2, 0.25) is 16.9 Å². The van der Waals surface area contributed by atoms with E-state index in [0.717, 1.165) is 11.3 Å². The first-order valence-corrected chi connectivity index (χ1v) is 12.1. The van der Waals surface area contributed by atoms with E-state index in [-0.39, 0.29) is 17.5 Å². The van der Waals surface area contributed by atoms with E-state index in [4.69, 9.17) is 0 Å². The van der Waals surface area contributed by atoms with Gasteiger partial charge in [-0.15, -0.1) is 10.2 Å². The number of benzene rings is 2. The highest BCUT2D eigenvalue weighted by Crippen LogP contribution is 2.28. The molecular formula is C25H28N6O4S. The van der Waals surface area contributed by atoms with E-state index < -0.39 is 16.9 Å². The van der Waals surface area contributed by atoms with Crippen LogP contribution < -0.4 is 15.5 Å². The zero-order valence-electron chi connectivity index (χ0n) is 20.5. The lowest BCUT2D eigenvalue weighted by atomic mass is 9.98. The van der Waals surface area contributed by atoms with Crippen molar-refractivity contribution in [2.45, 2.75) is 26.3 Å². The van der Waals surface area contributed by atoms with Crippen molar-refractivity contribution in [1.29, 1.82) is 0 Å². The van der Waals surface area contributed by atoms with E-state index in [2.05, 4.69) is 20.8 Å². The highest BCUT2D eigenvalue weighted by atomic mass is 32.1. The molecule has 36 heavy (non-hydrogen) atoms. The number of aromatic nitrogens is 2. The Kier molecular flexibility index (Phi) is 8.85. The highest BCUT2D eigenvalue weighted by Gasteiger charge is 2.26. The number of hydrogen-bond donors (Lipinski definition) is 2. The summed E-state index contributed by atoms with van der Waals surface area (Å²) in [5.41, 5.74) is 2.55. The fraction of sp³-hybridized carbons (Fsp3) is 0.280. The van der Waals surface area contributed by atoms with Crippen LogP contribution >= 0.6 is 11.3 Å². The van der Waals surface area contributed by atoms with Crippen LogP contribution in [0.25, 0.3) is 16.6 Å². The number of non-ortho nitro benzene ring substituents is 1. The van der Waals surface area contributed by atoms with E-state index >= 15 is 0 Å². The predicted molar refractivity (Wildman–Crippen MR) is 142 cm³/mol. The first-order valence-electron chi connectivity index (χ1n) is 11.3. The average molecular weight is 509 g/mol. The maximum absolute atomic E-state index is 13.0. The number of hydrogen-bond acceptors (Lipinski definition) is 8. The van der Waals surface area contributed by atoms with Crippen molar-refractivity contribution >= 4 is 45.7 Å². The number of nitrogens with one attached hydrogen (secondary N) is 2. The zero-order chi connectivity index (χ0) is 26.2. The molecule has 2 unspecified atom stereocenters. The molecule has 0 bridgehead atoms. The summed E-state index contributed by atoms with van der Waals surface area (Å²) in [4.78, 5) is 37.8. The summed E-state index contributed by atoms with van der Waals surface area (Å²) in [7, 11) is 3.93. The maximum Gasteiger partial charge on any atom is 0.269 e. The first kappa shape index (κ1) is 26.5. The van der Waals surface area contributed by atoms with Gasteiger partial charge in [-0.2, -0.15) is 0 Å². The summed E-state index contributed by atoms with van der Waals surface area (Å²) in [6.07, 6.45) is 3.50. The summed E-state index contributed by atoms with van der Waals surface area (Å²) in [6.45, 7) is 3.81. The van der Waals surface area contributed by atoms with Gasteiger partial charge in [0.1, 0.15) is 11.0 Å². The molecule has 2 atom stereocenters. The van der Waals surface area contributed by atoms with Gasteiger partial charge >= 0.3 is 0 Å². The second kappa shape index (κ2) is 12.0. The normalized spacial score (nSPS) is 12.7. The van der Waals surface area contributed by atoms with Crippen LogP contribution in [0.3, 0.4) is 0 Å². The summed E-state index contributed by atoms with van der Waals surface area (Å²) in [5, 5.41) is 25.6. The molecule has 0 saturated heterocycles. The lowest BCUT2D eigenvalue weighted by Crippen LogP contribution is -2.47. The molecule has 10 nitrogen and oxygen atoms in total. The SMILES string of the molecule is CCC(C)C(NC(=O)C=Cc1ccc([N+](=O)[O-])cc1)C(=O)Nc1nnc(-c2ccc(N(C)C)cc2)s1. The third-order valence-corrected chi connectivity index (χ3v) is 6.50. The number of amides is 2. The number of anilines is 2. The third kappa shape index (κ3) is 6.95. The van der Waals surface area contributed by atoms with Gasteiger partial charge in [0.25, 0.3) is 5.69 Å². The molecule has 0 aliphatic carbocycles. The standard InChI is InChI=1S/C25H28N6O4S/c1-5-16(2)22(26-21(32)15-8-17-6-11-20(12-7-17)31(34)35)23(33)27-25-29-28-24(36-25)18-9-13-19(14-10-18)30(3)4/h6-16,22H,5H2,1-4H3,(H,26,32)(H,27,29,33). The van der Waals surface area contributed by atoms with Crippen LogP contribution in [-0.2, 0) is 9.59 Å². The monoisotopic (exact) mass is 508 g/mol. The molecule has 3 rings (SSSR count). The average Bonchev–Trinajstić information content (AvgIpc) is 3.34. The largest absolute Gasteiger partial charge is 0.378 e. The summed E-state index contributed by atoms with van der Waals surface area (Å²) >= 11 is 1.25. The molecule has 1 heterocycles. The number of nitrogens with zero attached hydrogens (tertiary/aromatic N) is 4. The Labute approximate surface area is 213 Å². The Morgan fingerprint density at radius 3 is 2.36 bits per heavy atom. The molecule has 0 fully saturated rings. The number of nitro benzene ring substituents is 1. The second-order valence-electron chi connectivity index (χ2n) is 8.40. The van der Waals surface area contributed by atoms with Gasteiger partial charge in [0.05, 0.1) is 4.92 Å². The molecule has 11 heteroatoms. The fourth-order valence-corrected chi connectivity index (χ4v) is 4.01. The maximum atomic E-state index is 13.0. The number of carbonyl (C=O) groups is 2. The van der Waals surface area contributed by atoms with Crippen LogP contribution in [0.2, 0.25) is 0 Å². The van der Waals surface area contributed by atoms with Crippen molar-refractivity contribution in [1.82, 2.24) is 15.5 Å². The summed E-state index contributed by atoms with van der Waals surface area (Å²) < 4.78 is 0. The molecule has 2 aromatic carbocycles. The van der Waals surface area contributed by atoms with Gasteiger partial charge in [0, 0.05) is 43.6 Å². The predicted octanol–water partition coefficient (Wildman–Crippen LogP) is 4.36. The first-order chi connectivity index (χ1) is 17.2. The minimum Gasteiger partial charge on any atom is -0.378 e. The Balaban J connectivity index is 1.65. The molecule has 0 aliphatic heterocycles. The smallest absolute Gasteiger partial charge is 0.269 e. The Hall–Kier alpha value is -4.12. The van der Waals surface area contributed by atoms with Crippen molar-refractivity contribution in [2.75, 3.05) is 24.3 Å². The number of rotatable bonds is 10. The molecule has 3 aromatic rings.